The minimum atomic E-state index is -0.500. The minimum Gasteiger partial charge on any atom is -0.465 e. The van der Waals surface area contributed by atoms with Crippen molar-refractivity contribution in [1.29, 1.82) is 5.26 Å². The van der Waals surface area contributed by atoms with Crippen LogP contribution in [0.4, 0.5) is 0 Å². The molecule has 0 saturated carbocycles. The Morgan fingerprint density at radius 2 is 1.60 bits per heavy atom. The van der Waals surface area contributed by atoms with E-state index in [-0.39, 0.29) is 16.8 Å². The van der Waals surface area contributed by atoms with Crippen LogP contribution in [0.3, 0.4) is 0 Å². The normalized spacial score (nSPS) is 15.3. The van der Waals surface area contributed by atoms with E-state index in [2.05, 4.69) is 47.6 Å². The van der Waals surface area contributed by atoms with Crippen LogP contribution in [-0.4, -0.2) is 12.6 Å². The lowest BCUT2D eigenvalue weighted by Crippen LogP contribution is -2.44. The summed E-state index contributed by atoms with van der Waals surface area (Å²) in [5.41, 5.74) is -0.577. The third-order valence-electron chi connectivity index (χ3n) is 3.91. The highest BCUT2D eigenvalue weighted by atomic mass is 16.5. The van der Waals surface area contributed by atoms with E-state index >= 15 is 0 Å². The van der Waals surface area contributed by atoms with Crippen LogP contribution >= 0.6 is 0 Å². The summed E-state index contributed by atoms with van der Waals surface area (Å²) in [6.45, 7) is 15.2. The number of unbranched alkanes of at least 4 members (excludes halogenated alkanes) is 2. The van der Waals surface area contributed by atoms with Gasteiger partial charge in [0.05, 0.1) is 18.1 Å². The van der Waals surface area contributed by atoms with Crippen molar-refractivity contribution in [2.24, 2.45) is 16.2 Å². The zero-order valence-corrected chi connectivity index (χ0v) is 14.3. The summed E-state index contributed by atoms with van der Waals surface area (Å²) in [5, 5.41) is 8.48. The van der Waals surface area contributed by atoms with Crippen LogP contribution in [0.2, 0.25) is 0 Å². The highest BCUT2D eigenvalue weighted by Gasteiger charge is 2.47. The summed E-state index contributed by atoms with van der Waals surface area (Å²) in [5.74, 6) is -0.114. The number of esters is 1. The molecule has 0 fully saturated rings. The van der Waals surface area contributed by atoms with E-state index in [1.807, 2.05) is 6.92 Å². The Hall–Kier alpha value is -1.04. The lowest BCUT2D eigenvalue weighted by atomic mass is 9.61. The highest BCUT2D eigenvalue weighted by Crippen LogP contribution is 2.47. The maximum atomic E-state index is 12.5. The van der Waals surface area contributed by atoms with Gasteiger partial charge in [0, 0.05) is 6.42 Å². The van der Waals surface area contributed by atoms with E-state index in [1.165, 1.54) is 0 Å². The third-order valence-corrected chi connectivity index (χ3v) is 3.91. The molecule has 0 aromatic carbocycles. The topological polar surface area (TPSA) is 50.1 Å². The molecule has 0 aliphatic rings. The molecular formula is C17H31NO2. The molecule has 1 atom stereocenters. The van der Waals surface area contributed by atoms with Crippen molar-refractivity contribution in [3.05, 3.63) is 0 Å². The molecule has 0 radical (unpaired) electrons. The molecule has 0 amide bonds. The molecule has 116 valence electrons. The Bertz CT molecular complexity index is 355. The van der Waals surface area contributed by atoms with Gasteiger partial charge in [-0.3, -0.25) is 4.79 Å². The molecule has 0 spiro atoms. The van der Waals surface area contributed by atoms with Gasteiger partial charge >= 0.3 is 5.97 Å². The number of carbonyl (C=O) groups excluding carboxylic acids is 1. The maximum absolute atomic E-state index is 12.5. The quantitative estimate of drug-likeness (QED) is 0.523. The molecule has 0 aromatic heterocycles. The van der Waals surface area contributed by atoms with Gasteiger partial charge in [0.15, 0.2) is 0 Å². The van der Waals surface area contributed by atoms with E-state index < -0.39 is 5.41 Å². The summed E-state index contributed by atoms with van der Waals surface area (Å²) >= 11 is 0. The zero-order valence-electron chi connectivity index (χ0n) is 14.3. The van der Waals surface area contributed by atoms with Gasteiger partial charge in [0.25, 0.3) is 0 Å². The first-order valence-corrected chi connectivity index (χ1v) is 7.48. The van der Waals surface area contributed by atoms with Gasteiger partial charge in [-0.25, -0.2) is 0 Å². The first-order valence-electron chi connectivity index (χ1n) is 7.48. The van der Waals surface area contributed by atoms with Gasteiger partial charge in [-0.1, -0.05) is 41.5 Å². The number of carbonyl (C=O) groups is 1. The Labute approximate surface area is 124 Å². The Morgan fingerprint density at radius 1 is 1.05 bits per heavy atom. The smallest absolute Gasteiger partial charge is 0.312 e. The summed E-state index contributed by atoms with van der Waals surface area (Å²) < 4.78 is 5.48. The summed E-state index contributed by atoms with van der Waals surface area (Å²) in [7, 11) is 0. The van der Waals surface area contributed by atoms with Gasteiger partial charge in [-0.05, 0) is 37.0 Å². The monoisotopic (exact) mass is 281 g/mol. The SMILES string of the molecule is CC(C)(C)CC(C)(C(=O)OCCCCC#N)C(C)(C)C. The van der Waals surface area contributed by atoms with Crippen molar-refractivity contribution >= 4 is 5.97 Å². The lowest BCUT2D eigenvalue weighted by Gasteiger charge is -2.43. The van der Waals surface area contributed by atoms with Crippen LogP contribution < -0.4 is 0 Å². The molecule has 0 heterocycles. The van der Waals surface area contributed by atoms with E-state index in [1.54, 1.807) is 0 Å². The van der Waals surface area contributed by atoms with E-state index in [0.717, 1.165) is 19.3 Å². The Balaban J connectivity index is 4.73. The van der Waals surface area contributed by atoms with Crippen LogP contribution in [0.25, 0.3) is 0 Å². The number of nitrogens with zero attached hydrogens (tertiary/aromatic N) is 1. The predicted octanol–water partition coefficient (Wildman–Crippen LogP) is 4.71. The van der Waals surface area contributed by atoms with Crippen LogP contribution in [0.15, 0.2) is 0 Å². The number of hydrogen-bond donors (Lipinski definition) is 0. The fourth-order valence-electron chi connectivity index (χ4n) is 2.33. The van der Waals surface area contributed by atoms with E-state index in [0.29, 0.717) is 13.0 Å². The third kappa shape index (κ3) is 5.94. The molecule has 0 aliphatic heterocycles. The van der Waals surface area contributed by atoms with Gasteiger partial charge in [-0.15, -0.1) is 0 Å². The van der Waals surface area contributed by atoms with E-state index in [4.69, 9.17) is 10.00 Å². The standard InChI is InChI=1S/C17H31NO2/c1-15(2,3)13-17(7,16(4,5)6)14(19)20-12-10-8-9-11-18/h8-10,12-13H2,1-7H3. The van der Waals surface area contributed by atoms with Gasteiger partial charge in [-0.2, -0.15) is 5.26 Å². The fraction of sp³-hybridized carbons (Fsp3) is 0.882. The highest BCUT2D eigenvalue weighted by molar-refractivity contribution is 5.77. The maximum Gasteiger partial charge on any atom is 0.312 e. The summed E-state index contributed by atoms with van der Waals surface area (Å²) in [6, 6.07) is 2.10. The number of rotatable bonds is 6. The van der Waals surface area contributed by atoms with Crippen molar-refractivity contribution in [2.75, 3.05) is 6.61 Å². The Kier molecular flexibility index (Phi) is 6.74. The number of nitriles is 1. The van der Waals surface area contributed by atoms with Crippen molar-refractivity contribution in [1.82, 2.24) is 0 Å². The second kappa shape index (κ2) is 7.11. The molecule has 3 nitrogen and oxygen atoms in total. The molecule has 0 aromatic rings. The Morgan fingerprint density at radius 3 is 2.00 bits per heavy atom. The van der Waals surface area contributed by atoms with Gasteiger partial charge in [0.1, 0.15) is 0 Å². The summed E-state index contributed by atoms with van der Waals surface area (Å²) in [6.07, 6.45) is 2.86. The second-order valence-electron chi connectivity index (χ2n) is 8.07. The van der Waals surface area contributed by atoms with Crippen LogP contribution in [0.5, 0.6) is 0 Å². The van der Waals surface area contributed by atoms with Gasteiger partial charge in [0.2, 0.25) is 0 Å². The second-order valence-corrected chi connectivity index (χ2v) is 8.07. The largest absolute Gasteiger partial charge is 0.465 e. The van der Waals surface area contributed by atoms with E-state index in [9.17, 15) is 4.79 Å². The number of hydrogen-bond acceptors (Lipinski definition) is 3. The molecule has 1 unspecified atom stereocenters. The van der Waals surface area contributed by atoms with Crippen molar-refractivity contribution in [3.8, 4) is 6.07 Å². The molecule has 20 heavy (non-hydrogen) atoms. The average molecular weight is 281 g/mol. The molecule has 0 bridgehead atoms. The summed E-state index contributed by atoms with van der Waals surface area (Å²) in [4.78, 5) is 12.5. The van der Waals surface area contributed by atoms with Crippen LogP contribution in [0, 0.1) is 27.6 Å². The first kappa shape index (κ1) is 19.0. The van der Waals surface area contributed by atoms with Crippen molar-refractivity contribution in [2.45, 2.75) is 74.1 Å². The molecular weight excluding hydrogens is 250 g/mol. The molecule has 3 heteroatoms. The van der Waals surface area contributed by atoms with Crippen LogP contribution in [0.1, 0.15) is 74.1 Å². The van der Waals surface area contributed by atoms with Crippen molar-refractivity contribution < 1.29 is 9.53 Å². The first-order chi connectivity index (χ1) is 8.94. The molecule has 0 aliphatic carbocycles. The molecule has 0 saturated heterocycles. The van der Waals surface area contributed by atoms with Gasteiger partial charge < -0.3 is 4.74 Å². The average Bonchev–Trinajstić information content (AvgIpc) is 2.24. The lowest BCUT2D eigenvalue weighted by molar-refractivity contribution is -0.164. The fourth-order valence-corrected chi connectivity index (χ4v) is 2.33. The number of ether oxygens (including phenoxy) is 1. The predicted molar refractivity (Wildman–Crippen MR) is 82.1 cm³/mol. The zero-order chi connectivity index (χ0) is 16.0. The van der Waals surface area contributed by atoms with Crippen molar-refractivity contribution in [3.63, 3.8) is 0 Å². The molecule has 0 rings (SSSR count). The molecule has 0 N–H and O–H groups in total. The minimum absolute atomic E-state index is 0.0713. The van der Waals surface area contributed by atoms with Crippen LogP contribution in [-0.2, 0) is 9.53 Å².